The van der Waals surface area contributed by atoms with E-state index in [4.69, 9.17) is 0 Å². The summed E-state index contributed by atoms with van der Waals surface area (Å²) in [6.45, 7) is 5.22. The van der Waals surface area contributed by atoms with Gasteiger partial charge in [-0.2, -0.15) is 4.31 Å². The van der Waals surface area contributed by atoms with Gasteiger partial charge in [-0.3, -0.25) is 10.1 Å². The average molecular weight is 487 g/mol. The van der Waals surface area contributed by atoms with Gasteiger partial charge in [0.1, 0.15) is 5.01 Å². The molecule has 152 valence electrons. The Morgan fingerprint density at radius 1 is 1.25 bits per heavy atom. The van der Waals surface area contributed by atoms with Gasteiger partial charge in [-0.1, -0.05) is 25.2 Å². The highest BCUT2D eigenvalue weighted by atomic mass is 79.9. The first-order chi connectivity index (χ1) is 13.4. The topological polar surface area (TPSA) is 92.3 Å². The molecule has 0 saturated carbocycles. The van der Waals surface area contributed by atoms with E-state index in [-0.39, 0.29) is 10.5 Å². The van der Waals surface area contributed by atoms with Crippen molar-refractivity contribution in [1.82, 2.24) is 14.5 Å². The highest BCUT2D eigenvalue weighted by molar-refractivity contribution is 9.10. The van der Waals surface area contributed by atoms with Crippen molar-refractivity contribution in [3.05, 3.63) is 33.2 Å². The maximum atomic E-state index is 12.8. The fourth-order valence-electron chi connectivity index (χ4n) is 3.17. The van der Waals surface area contributed by atoms with Crippen LogP contribution in [0.15, 0.2) is 27.6 Å². The van der Waals surface area contributed by atoms with Gasteiger partial charge in [0.25, 0.3) is 5.91 Å². The van der Waals surface area contributed by atoms with Crippen LogP contribution in [0.25, 0.3) is 0 Å². The van der Waals surface area contributed by atoms with Gasteiger partial charge >= 0.3 is 0 Å². The SMILES string of the molecule is CCC(CC)c1nnc(NC(=O)c2cc(S(=O)(=O)N3CCCC3)ccc2Br)s1. The lowest BCUT2D eigenvalue weighted by Gasteiger charge is -2.16. The summed E-state index contributed by atoms with van der Waals surface area (Å²) < 4.78 is 27.5. The molecule has 1 N–H and O–H groups in total. The molecule has 2 aromatic rings. The second-order valence-electron chi connectivity index (χ2n) is 6.67. The largest absolute Gasteiger partial charge is 0.296 e. The summed E-state index contributed by atoms with van der Waals surface area (Å²) >= 11 is 4.70. The first-order valence-electron chi connectivity index (χ1n) is 9.31. The fourth-order valence-corrected chi connectivity index (χ4v) is 6.14. The molecule has 0 aliphatic carbocycles. The van der Waals surface area contributed by atoms with Crippen LogP contribution in [0, 0.1) is 0 Å². The molecular formula is C18H23BrN4O3S2. The van der Waals surface area contributed by atoms with E-state index in [0.29, 0.717) is 28.6 Å². The van der Waals surface area contributed by atoms with E-state index >= 15 is 0 Å². The molecule has 1 saturated heterocycles. The Labute approximate surface area is 177 Å². The number of benzene rings is 1. The summed E-state index contributed by atoms with van der Waals surface area (Å²) in [6.07, 6.45) is 3.64. The van der Waals surface area contributed by atoms with E-state index in [1.165, 1.54) is 27.8 Å². The van der Waals surface area contributed by atoms with E-state index in [1.807, 2.05) is 0 Å². The van der Waals surface area contributed by atoms with Crippen molar-refractivity contribution in [2.75, 3.05) is 18.4 Å². The van der Waals surface area contributed by atoms with Crippen molar-refractivity contribution in [2.45, 2.75) is 50.3 Å². The number of amides is 1. The van der Waals surface area contributed by atoms with E-state index in [0.717, 1.165) is 30.7 Å². The maximum absolute atomic E-state index is 12.8. The Morgan fingerprint density at radius 2 is 1.93 bits per heavy atom. The van der Waals surface area contributed by atoms with Crippen molar-refractivity contribution < 1.29 is 13.2 Å². The van der Waals surface area contributed by atoms with E-state index in [9.17, 15) is 13.2 Å². The average Bonchev–Trinajstić information content (AvgIpc) is 3.35. The standard InChI is InChI=1S/C18H23BrN4O3S2/c1-3-12(4-2)17-21-22-18(27-17)20-16(24)14-11-13(7-8-15(14)19)28(25,26)23-9-5-6-10-23/h7-8,11-12H,3-6,9-10H2,1-2H3,(H,20,22,24). The molecule has 0 unspecified atom stereocenters. The predicted molar refractivity (Wildman–Crippen MR) is 113 cm³/mol. The Kier molecular flexibility index (Phi) is 6.85. The molecule has 28 heavy (non-hydrogen) atoms. The van der Waals surface area contributed by atoms with Crippen LogP contribution in [0.4, 0.5) is 5.13 Å². The normalized spacial score (nSPS) is 15.3. The maximum Gasteiger partial charge on any atom is 0.258 e. The van der Waals surface area contributed by atoms with Crippen molar-refractivity contribution in [3.63, 3.8) is 0 Å². The zero-order chi connectivity index (χ0) is 20.3. The van der Waals surface area contributed by atoms with Crippen LogP contribution >= 0.6 is 27.3 Å². The Morgan fingerprint density at radius 3 is 2.57 bits per heavy atom. The van der Waals surface area contributed by atoms with E-state index in [1.54, 1.807) is 6.07 Å². The molecule has 1 aliphatic rings. The van der Waals surface area contributed by atoms with Gasteiger partial charge in [0.15, 0.2) is 0 Å². The van der Waals surface area contributed by atoms with Crippen LogP contribution in [0.2, 0.25) is 0 Å². The second-order valence-corrected chi connectivity index (χ2v) is 10.5. The first kappa shape index (κ1) is 21.4. The van der Waals surface area contributed by atoms with Crippen LogP contribution in [-0.2, 0) is 10.0 Å². The summed E-state index contributed by atoms with van der Waals surface area (Å²) in [5.74, 6) is -0.0959. The third-order valence-corrected chi connectivity index (χ3v) is 8.47. The van der Waals surface area contributed by atoms with Gasteiger partial charge in [0.05, 0.1) is 10.5 Å². The van der Waals surface area contributed by atoms with Gasteiger partial charge in [-0.25, -0.2) is 8.42 Å². The fraction of sp³-hybridized carbons (Fsp3) is 0.500. The smallest absolute Gasteiger partial charge is 0.258 e. The number of nitrogens with one attached hydrogen (secondary N) is 1. The Hall–Kier alpha value is -1.36. The summed E-state index contributed by atoms with van der Waals surface area (Å²) in [5.41, 5.74) is 0.250. The molecule has 10 heteroatoms. The number of rotatable bonds is 7. The minimum absolute atomic E-state index is 0.123. The molecule has 0 bridgehead atoms. The van der Waals surface area contributed by atoms with Crippen LogP contribution in [-0.4, -0.2) is 41.9 Å². The minimum atomic E-state index is -3.59. The summed E-state index contributed by atoms with van der Waals surface area (Å²) in [7, 11) is -3.59. The molecule has 3 rings (SSSR count). The zero-order valence-corrected chi connectivity index (χ0v) is 19.0. The zero-order valence-electron chi connectivity index (χ0n) is 15.8. The minimum Gasteiger partial charge on any atom is -0.296 e. The molecule has 1 amide bonds. The third-order valence-electron chi connectivity index (χ3n) is 4.88. The van der Waals surface area contributed by atoms with E-state index < -0.39 is 15.9 Å². The number of halogens is 1. The highest BCUT2D eigenvalue weighted by Crippen LogP contribution is 2.30. The van der Waals surface area contributed by atoms with Crippen molar-refractivity contribution in [3.8, 4) is 0 Å². The van der Waals surface area contributed by atoms with Crippen molar-refractivity contribution >= 4 is 48.3 Å². The lowest BCUT2D eigenvalue weighted by Crippen LogP contribution is -2.28. The van der Waals surface area contributed by atoms with Crippen LogP contribution in [0.5, 0.6) is 0 Å². The number of hydrogen-bond donors (Lipinski definition) is 1. The lowest BCUT2D eigenvalue weighted by molar-refractivity contribution is 0.102. The molecule has 0 radical (unpaired) electrons. The van der Waals surface area contributed by atoms with Crippen LogP contribution in [0.3, 0.4) is 0 Å². The summed E-state index contributed by atoms with van der Waals surface area (Å²) in [4.78, 5) is 12.9. The predicted octanol–water partition coefficient (Wildman–Crippen LogP) is 4.24. The molecule has 1 fully saturated rings. The molecule has 1 aliphatic heterocycles. The quantitative estimate of drug-likeness (QED) is 0.631. The number of aromatic nitrogens is 2. The number of carbonyl (C=O) groups is 1. The molecule has 0 atom stereocenters. The lowest BCUT2D eigenvalue weighted by atomic mass is 10.1. The number of nitrogens with zero attached hydrogens (tertiary/aromatic N) is 3. The summed E-state index contributed by atoms with van der Waals surface area (Å²) in [6, 6.07) is 4.52. The molecule has 7 nitrogen and oxygen atoms in total. The van der Waals surface area contributed by atoms with Crippen molar-refractivity contribution in [2.24, 2.45) is 0 Å². The van der Waals surface area contributed by atoms with Gasteiger partial charge in [0.2, 0.25) is 15.2 Å². The summed E-state index contributed by atoms with van der Waals surface area (Å²) in [5, 5.41) is 12.3. The Bertz CT molecular complexity index is 951. The molecule has 1 aromatic carbocycles. The molecule has 1 aromatic heterocycles. The Balaban J connectivity index is 1.82. The van der Waals surface area contributed by atoms with Gasteiger partial charge < -0.3 is 0 Å². The number of hydrogen-bond acceptors (Lipinski definition) is 6. The van der Waals surface area contributed by atoms with Crippen LogP contribution < -0.4 is 5.32 Å². The monoisotopic (exact) mass is 486 g/mol. The van der Waals surface area contributed by atoms with Crippen molar-refractivity contribution in [1.29, 1.82) is 0 Å². The second kappa shape index (κ2) is 8.98. The molecular weight excluding hydrogens is 464 g/mol. The third kappa shape index (κ3) is 4.45. The highest BCUT2D eigenvalue weighted by Gasteiger charge is 2.28. The van der Waals surface area contributed by atoms with E-state index in [2.05, 4.69) is 45.3 Å². The molecule has 0 spiro atoms. The van der Waals surface area contributed by atoms with Gasteiger partial charge in [0, 0.05) is 23.5 Å². The van der Waals surface area contributed by atoms with Gasteiger partial charge in [-0.15, -0.1) is 10.2 Å². The van der Waals surface area contributed by atoms with Crippen LogP contribution in [0.1, 0.15) is 60.8 Å². The van der Waals surface area contributed by atoms with Gasteiger partial charge in [-0.05, 0) is 59.8 Å². The molecule has 2 heterocycles. The first-order valence-corrected chi connectivity index (χ1v) is 12.4. The number of carbonyl (C=O) groups excluding carboxylic acids is 1. The number of anilines is 1. The number of sulfonamides is 1.